The molecule has 0 radical (unpaired) electrons. The second-order valence-electron chi connectivity index (χ2n) is 4.43. The van der Waals surface area contributed by atoms with E-state index in [9.17, 15) is 0 Å². The summed E-state index contributed by atoms with van der Waals surface area (Å²) in [5.41, 5.74) is 0.567. The summed E-state index contributed by atoms with van der Waals surface area (Å²) in [6.45, 7) is 3.70. The first-order chi connectivity index (χ1) is 5.13. The van der Waals surface area contributed by atoms with Crippen molar-refractivity contribution >= 4 is 15.9 Å². The molecule has 0 aromatic rings. The van der Waals surface area contributed by atoms with Gasteiger partial charge in [0.05, 0.1) is 0 Å². The molecule has 0 spiro atoms. The molecule has 0 N–H and O–H groups in total. The SMILES string of the molecule is CN1CC2(C)CCC[C@@H]1[C@H]2Br. The number of fused-ring (bicyclic) bond motifs is 2. The van der Waals surface area contributed by atoms with Gasteiger partial charge >= 0.3 is 0 Å². The molecule has 1 saturated heterocycles. The zero-order valence-corrected chi connectivity index (χ0v) is 8.89. The van der Waals surface area contributed by atoms with Gasteiger partial charge in [0.1, 0.15) is 0 Å². The smallest absolute Gasteiger partial charge is 0.0367 e. The maximum atomic E-state index is 3.84. The van der Waals surface area contributed by atoms with Crippen LogP contribution in [0.25, 0.3) is 0 Å². The second kappa shape index (κ2) is 2.46. The Morgan fingerprint density at radius 2 is 2.27 bits per heavy atom. The van der Waals surface area contributed by atoms with Crippen LogP contribution in [0, 0.1) is 5.41 Å². The van der Waals surface area contributed by atoms with Gasteiger partial charge in [-0.25, -0.2) is 0 Å². The van der Waals surface area contributed by atoms with E-state index in [-0.39, 0.29) is 0 Å². The normalized spacial score (nSPS) is 51.5. The zero-order valence-electron chi connectivity index (χ0n) is 7.31. The quantitative estimate of drug-likeness (QED) is 0.563. The van der Waals surface area contributed by atoms with Crippen LogP contribution in [0.15, 0.2) is 0 Å². The molecule has 1 aliphatic heterocycles. The predicted molar refractivity (Wildman–Crippen MR) is 51.1 cm³/mol. The summed E-state index contributed by atoms with van der Waals surface area (Å²) < 4.78 is 0. The molecule has 2 fully saturated rings. The first-order valence-electron chi connectivity index (χ1n) is 4.48. The molecule has 2 rings (SSSR count). The molecular weight excluding hydrogens is 202 g/mol. The highest BCUT2D eigenvalue weighted by Crippen LogP contribution is 2.48. The van der Waals surface area contributed by atoms with Gasteiger partial charge in [-0.1, -0.05) is 29.3 Å². The lowest BCUT2D eigenvalue weighted by Gasteiger charge is -2.33. The Morgan fingerprint density at radius 1 is 1.55 bits per heavy atom. The number of halogens is 1. The second-order valence-corrected chi connectivity index (χ2v) is 5.42. The van der Waals surface area contributed by atoms with E-state index in [0.29, 0.717) is 5.41 Å². The van der Waals surface area contributed by atoms with Gasteiger partial charge in [0.2, 0.25) is 0 Å². The Labute approximate surface area is 77.3 Å². The van der Waals surface area contributed by atoms with Crippen molar-refractivity contribution in [3.8, 4) is 0 Å². The highest BCUT2D eigenvalue weighted by atomic mass is 79.9. The van der Waals surface area contributed by atoms with E-state index < -0.39 is 0 Å². The molecule has 2 heteroatoms. The molecule has 0 amide bonds. The molecule has 11 heavy (non-hydrogen) atoms. The molecule has 1 unspecified atom stereocenters. The fourth-order valence-electron chi connectivity index (χ4n) is 2.76. The Hall–Kier alpha value is 0.440. The molecule has 0 aromatic heterocycles. The van der Waals surface area contributed by atoms with E-state index in [1.807, 2.05) is 0 Å². The molecule has 1 heterocycles. The minimum absolute atomic E-state index is 0.567. The fraction of sp³-hybridized carbons (Fsp3) is 1.00. The van der Waals surface area contributed by atoms with E-state index in [1.165, 1.54) is 25.8 Å². The van der Waals surface area contributed by atoms with Crippen molar-refractivity contribution in [3.63, 3.8) is 0 Å². The molecule has 1 nitrogen and oxygen atoms in total. The van der Waals surface area contributed by atoms with E-state index in [1.54, 1.807) is 0 Å². The summed E-state index contributed by atoms with van der Waals surface area (Å²) in [5, 5.41) is 0. The monoisotopic (exact) mass is 217 g/mol. The summed E-state index contributed by atoms with van der Waals surface area (Å²) >= 11 is 3.84. The largest absolute Gasteiger partial charge is 0.302 e. The van der Waals surface area contributed by atoms with Crippen molar-refractivity contribution in [1.29, 1.82) is 0 Å². The maximum Gasteiger partial charge on any atom is 0.0367 e. The van der Waals surface area contributed by atoms with Crippen LogP contribution < -0.4 is 0 Å². The van der Waals surface area contributed by atoms with Crippen molar-refractivity contribution in [2.24, 2.45) is 5.41 Å². The molecule has 0 aromatic carbocycles. The van der Waals surface area contributed by atoms with Gasteiger partial charge in [0.15, 0.2) is 0 Å². The first kappa shape index (κ1) is 8.06. The molecule has 3 atom stereocenters. The molecule has 1 aliphatic carbocycles. The van der Waals surface area contributed by atoms with Crippen molar-refractivity contribution in [1.82, 2.24) is 4.90 Å². The van der Waals surface area contributed by atoms with E-state index in [2.05, 4.69) is 34.8 Å². The van der Waals surface area contributed by atoms with E-state index in [4.69, 9.17) is 0 Å². The topological polar surface area (TPSA) is 3.24 Å². The Morgan fingerprint density at radius 3 is 2.82 bits per heavy atom. The van der Waals surface area contributed by atoms with Gasteiger partial charge in [-0.05, 0) is 25.3 Å². The van der Waals surface area contributed by atoms with Crippen LogP contribution in [0.1, 0.15) is 26.2 Å². The van der Waals surface area contributed by atoms with Crippen LogP contribution in [0.5, 0.6) is 0 Å². The van der Waals surface area contributed by atoms with Crippen molar-refractivity contribution in [2.75, 3.05) is 13.6 Å². The number of likely N-dealkylation sites (tertiary alicyclic amines) is 1. The van der Waals surface area contributed by atoms with Gasteiger partial charge in [-0.15, -0.1) is 0 Å². The van der Waals surface area contributed by atoms with Crippen LogP contribution >= 0.6 is 15.9 Å². The van der Waals surface area contributed by atoms with Gasteiger partial charge in [0.25, 0.3) is 0 Å². The Kier molecular flexibility index (Phi) is 1.80. The lowest BCUT2D eigenvalue weighted by Crippen LogP contribution is -2.35. The number of nitrogens with zero attached hydrogens (tertiary/aromatic N) is 1. The minimum atomic E-state index is 0.567. The minimum Gasteiger partial charge on any atom is -0.302 e. The van der Waals surface area contributed by atoms with E-state index >= 15 is 0 Å². The molecule has 2 aliphatic rings. The number of rotatable bonds is 0. The lowest BCUT2D eigenvalue weighted by atomic mass is 9.77. The highest BCUT2D eigenvalue weighted by molar-refractivity contribution is 9.09. The number of alkyl halides is 1. The predicted octanol–water partition coefficient (Wildman–Crippen LogP) is 2.25. The highest BCUT2D eigenvalue weighted by Gasteiger charge is 2.48. The van der Waals surface area contributed by atoms with Crippen LogP contribution in [0.2, 0.25) is 0 Å². The summed E-state index contributed by atoms with van der Waals surface area (Å²) in [4.78, 5) is 3.26. The van der Waals surface area contributed by atoms with E-state index in [0.717, 1.165) is 10.9 Å². The maximum absolute atomic E-state index is 3.84. The Balaban J connectivity index is 2.25. The molecule has 64 valence electrons. The standard InChI is InChI=1S/C9H16BrN/c1-9-5-3-4-7(8(9)10)11(2)6-9/h7-8H,3-6H2,1-2H3/t7-,8-,9?/m1/s1. The zero-order chi connectivity index (χ0) is 8.06. The molecule has 2 bridgehead atoms. The van der Waals surface area contributed by atoms with Crippen LogP contribution in [-0.2, 0) is 0 Å². The van der Waals surface area contributed by atoms with Gasteiger partial charge in [-0.3, -0.25) is 0 Å². The Bertz CT molecular complexity index is 171. The third-order valence-corrected chi connectivity index (χ3v) is 5.14. The average Bonchev–Trinajstić information content (AvgIpc) is 2.13. The van der Waals surface area contributed by atoms with Gasteiger partial charge < -0.3 is 4.90 Å². The van der Waals surface area contributed by atoms with Crippen LogP contribution in [-0.4, -0.2) is 29.4 Å². The van der Waals surface area contributed by atoms with Gasteiger partial charge in [0, 0.05) is 17.4 Å². The van der Waals surface area contributed by atoms with Crippen LogP contribution in [0.3, 0.4) is 0 Å². The number of hydrogen-bond acceptors (Lipinski definition) is 1. The summed E-state index contributed by atoms with van der Waals surface area (Å²) in [6.07, 6.45) is 4.22. The molecular formula is C9H16BrN. The third kappa shape index (κ3) is 1.06. The summed E-state index contributed by atoms with van der Waals surface area (Å²) in [6, 6.07) is 0.814. The summed E-state index contributed by atoms with van der Waals surface area (Å²) in [7, 11) is 2.26. The lowest BCUT2D eigenvalue weighted by molar-refractivity contribution is 0.291. The van der Waals surface area contributed by atoms with Crippen LogP contribution in [0.4, 0.5) is 0 Å². The average molecular weight is 218 g/mol. The van der Waals surface area contributed by atoms with Crippen molar-refractivity contribution in [2.45, 2.75) is 37.1 Å². The third-order valence-electron chi connectivity index (χ3n) is 3.43. The molecule has 1 saturated carbocycles. The van der Waals surface area contributed by atoms with Crippen molar-refractivity contribution in [3.05, 3.63) is 0 Å². The van der Waals surface area contributed by atoms with Gasteiger partial charge in [-0.2, -0.15) is 0 Å². The first-order valence-corrected chi connectivity index (χ1v) is 5.39. The number of hydrogen-bond donors (Lipinski definition) is 0. The van der Waals surface area contributed by atoms with Crippen molar-refractivity contribution < 1.29 is 0 Å². The summed E-state index contributed by atoms with van der Waals surface area (Å²) in [5.74, 6) is 0. The fourth-order valence-corrected chi connectivity index (χ4v) is 3.80.